The number of rotatable bonds is 5. The van der Waals surface area contributed by atoms with Gasteiger partial charge < -0.3 is 5.32 Å². The van der Waals surface area contributed by atoms with E-state index in [1.165, 1.54) is 0 Å². The maximum absolute atomic E-state index is 4.07. The Hall–Kier alpha value is -0.970. The van der Waals surface area contributed by atoms with Crippen LogP contribution in [0.15, 0.2) is 0 Å². The smallest absolute Gasteiger partial charge is 0.165 e. The molecule has 0 amide bonds. The normalized spacial score (nSPS) is 14.3. The summed E-state index contributed by atoms with van der Waals surface area (Å²) in [5.41, 5.74) is 0.0838. The first-order valence-electron chi connectivity index (χ1n) is 6.29. The van der Waals surface area contributed by atoms with Crippen LogP contribution in [0.3, 0.4) is 0 Å². The van der Waals surface area contributed by atoms with Gasteiger partial charge in [0.25, 0.3) is 0 Å². The van der Waals surface area contributed by atoms with Crippen molar-refractivity contribution in [3.63, 3.8) is 0 Å². The minimum atomic E-state index is 0.0838. The monoisotopic (exact) mass is 239 g/mol. The third-order valence-electron chi connectivity index (χ3n) is 2.98. The van der Waals surface area contributed by atoms with Gasteiger partial charge in [-0.2, -0.15) is 0 Å². The third kappa shape index (κ3) is 4.81. The van der Waals surface area contributed by atoms with Gasteiger partial charge in [-0.25, -0.2) is 4.68 Å². The molecule has 0 bridgehead atoms. The minimum absolute atomic E-state index is 0.0838. The van der Waals surface area contributed by atoms with Crippen molar-refractivity contribution in [2.45, 2.75) is 60.2 Å². The maximum atomic E-state index is 4.07. The van der Waals surface area contributed by atoms with E-state index in [1.807, 2.05) is 4.68 Å². The Kier molecular flexibility index (Phi) is 4.62. The van der Waals surface area contributed by atoms with Gasteiger partial charge in [0.2, 0.25) is 0 Å². The topological polar surface area (TPSA) is 55.6 Å². The molecule has 0 aromatic carbocycles. The fourth-order valence-electron chi connectivity index (χ4n) is 1.32. The molecule has 1 rings (SSSR count). The van der Waals surface area contributed by atoms with Crippen molar-refractivity contribution in [1.82, 2.24) is 25.5 Å². The maximum Gasteiger partial charge on any atom is 0.165 e. The largest absolute Gasteiger partial charge is 0.305 e. The highest BCUT2D eigenvalue weighted by Gasteiger charge is 2.15. The Morgan fingerprint density at radius 1 is 1.24 bits per heavy atom. The summed E-state index contributed by atoms with van der Waals surface area (Å²) in [5, 5.41) is 15.3. The van der Waals surface area contributed by atoms with Crippen molar-refractivity contribution in [1.29, 1.82) is 0 Å². The zero-order valence-electron chi connectivity index (χ0n) is 11.9. The van der Waals surface area contributed by atoms with Gasteiger partial charge >= 0.3 is 0 Å². The number of hydrogen-bond donors (Lipinski definition) is 1. The van der Waals surface area contributed by atoms with Crippen molar-refractivity contribution < 1.29 is 0 Å². The van der Waals surface area contributed by atoms with Crippen molar-refractivity contribution in [2.75, 3.05) is 0 Å². The van der Waals surface area contributed by atoms with E-state index in [9.17, 15) is 0 Å². The van der Waals surface area contributed by atoms with Crippen molar-refractivity contribution in [3.05, 3.63) is 5.82 Å². The summed E-state index contributed by atoms with van der Waals surface area (Å²) in [4.78, 5) is 0. The van der Waals surface area contributed by atoms with E-state index in [2.05, 4.69) is 62.4 Å². The first kappa shape index (κ1) is 14.1. The molecule has 0 saturated carbocycles. The van der Waals surface area contributed by atoms with Gasteiger partial charge in [-0.05, 0) is 43.0 Å². The number of tetrazole rings is 1. The molecule has 1 atom stereocenters. The van der Waals surface area contributed by atoms with Crippen molar-refractivity contribution in [3.8, 4) is 0 Å². The van der Waals surface area contributed by atoms with Gasteiger partial charge in [0.15, 0.2) is 5.82 Å². The van der Waals surface area contributed by atoms with E-state index < -0.39 is 0 Å². The van der Waals surface area contributed by atoms with Gasteiger partial charge in [-0.3, -0.25) is 0 Å². The van der Waals surface area contributed by atoms with E-state index in [0.29, 0.717) is 18.4 Å². The van der Waals surface area contributed by atoms with Gasteiger partial charge in [-0.1, -0.05) is 20.8 Å². The lowest BCUT2D eigenvalue weighted by Crippen LogP contribution is -2.36. The standard InChI is InChI=1S/C12H25N5/c1-9(2)10(3)8-17-11(14-15-16-17)7-13-12(4,5)6/h9-10,13H,7-8H2,1-6H3. The van der Waals surface area contributed by atoms with Crippen LogP contribution < -0.4 is 5.32 Å². The number of nitrogens with zero attached hydrogens (tertiary/aromatic N) is 4. The number of nitrogens with one attached hydrogen (secondary N) is 1. The second kappa shape index (κ2) is 5.58. The van der Waals surface area contributed by atoms with Crippen LogP contribution in [0.5, 0.6) is 0 Å². The highest BCUT2D eigenvalue weighted by atomic mass is 15.5. The Balaban J connectivity index is 2.60. The average Bonchev–Trinajstić information content (AvgIpc) is 2.61. The number of aromatic nitrogens is 4. The third-order valence-corrected chi connectivity index (χ3v) is 2.98. The molecule has 1 N–H and O–H groups in total. The molecule has 98 valence electrons. The van der Waals surface area contributed by atoms with Crippen LogP contribution in [-0.4, -0.2) is 25.7 Å². The zero-order chi connectivity index (χ0) is 13.1. The van der Waals surface area contributed by atoms with Crippen LogP contribution in [0.25, 0.3) is 0 Å². The van der Waals surface area contributed by atoms with Crippen molar-refractivity contribution >= 4 is 0 Å². The second-order valence-corrected chi connectivity index (χ2v) is 6.10. The van der Waals surface area contributed by atoms with Crippen LogP contribution in [0.2, 0.25) is 0 Å². The number of hydrogen-bond acceptors (Lipinski definition) is 4. The molecule has 0 radical (unpaired) electrons. The summed E-state index contributed by atoms with van der Waals surface area (Å²) >= 11 is 0. The van der Waals surface area contributed by atoms with Crippen molar-refractivity contribution in [2.24, 2.45) is 11.8 Å². The lowest BCUT2D eigenvalue weighted by Gasteiger charge is -2.21. The lowest BCUT2D eigenvalue weighted by molar-refractivity contribution is 0.332. The van der Waals surface area contributed by atoms with Crippen LogP contribution >= 0.6 is 0 Å². The highest BCUT2D eigenvalue weighted by molar-refractivity contribution is 4.84. The lowest BCUT2D eigenvalue weighted by atomic mass is 9.98. The molecule has 1 unspecified atom stereocenters. The van der Waals surface area contributed by atoms with Crippen LogP contribution in [-0.2, 0) is 13.1 Å². The molecule has 0 aliphatic rings. The van der Waals surface area contributed by atoms with E-state index in [1.54, 1.807) is 0 Å². The van der Waals surface area contributed by atoms with Gasteiger partial charge in [0.05, 0.1) is 6.54 Å². The Morgan fingerprint density at radius 3 is 2.41 bits per heavy atom. The van der Waals surface area contributed by atoms with Gasteiger partial charge in [-0.15, -0.1) is 5.10 Å². The molecule has 0 spiro atoms. The summed E-state index contributed by atoms with van der Waals surface area (Å²) < 4.78 is 1.91. The Labute approximate surface area is 104 Å². The highest BCUT2D eigenvalue weighted by Crippen LogP contribution is 2.12. The van der Waals surface area contributed by atoms with Crippen LogP contribution in [0.4, 0.5) is 0 Å². The molecule has 0 fully saturated rings. The molecule has 5 nitrogen and oxygen atoms in total. The molecule has 1 heterocycles. The van der Waals surface area contributed by atoms with Gasteiger partial charge in [0, 0.05) is 12.1 Å². The van der Waals surface area contributed by atoms with Gasteiger partial charge in [0.1, 0.15) is 0 Å². The summed E-state index contributed by atoms with van der Waals surface area (Å²) in [5.74, 6) is 2.13. The van der Waals surface area contributed by atoms with E-state index >= 15 is 0 Å². The molecule has 1 aromatic heterocycles. The average molecular weight is 239 g/mol. The molecule has 0 aliphatic heterocycles. The summed E-state index contributed by atoms with van der Waals surface area (Å²) in [6.45, 7) is 14.7. The first-order valence-corrected chi connectivity index (χ1v) is 6.29. The fourth-order valence-corrected chi connectivity index (χ4v) is 1.32. The predicted octanol–water partition coefficient (Wildman–Crippen LogP) is 1.85. The first-order chi connectivity index (χ1) is 7.79. The predicted molar refractivity (Wildman–Crippen MR) is 68.4 cm³/mol. The SMILES string of the molecule is CC(C)C(C)Cn1nnnc1CNC(C)(C)C. The van der Waals surface area contributed by atoms with Crippen LogP contribution in [0.1, 0.15) is 47.4 Å². The molecular weight excluding hydrogens is 214 g/mol. The Morgan fingerprint density at radius 2 is 1.88 bits per heavy atom. The zero-order valence-corrected chi connectivity index (χ0v) is 11.9. The van der Waals surface area contributed by atoms with E-state index in [4.69, 9.17) is 0 Å². The molecule has 0 saturated heterocycles. The molecule has 17 heavy (non-hydrogen) atoms. The second-order valence-electron chi connectivity index (χ2n) is 6.10. The van der Waals surface area contributed by atoms with Crippen LogP contribution in [0, 0.1) is 11.8 Å². The fraction of sp³-hybridized carbons (Fsp3) is 0.917. The Bertz CT molecular complexity index is 337. The van der Waals surface area contributed by atoms with E-state index in [0.717, 1.165) is 12.4 Å². The minimum Gasteiger partial charge on any atom is -0.305 e. The molecular formula is C12H25N5. The van der Waals surface area contributed by atoms with E-state index in [-0.39, 0.29) is 5.54 Å². The summed E-state index contributed by atoms with van der Waals surface area (Å²) in [7, 11) is 0. The molecule has 1 aromatic rings. The quantitative estimate of drug-likeness (QED) is 0.852. The molecule has 0 aliphatic carbocycles. The summed E-state index contributed by atoms with van der Waals surface area (Å²) in [6, 6.07) is 0. The molecule has 5 heteroatoms. The summed E-state index contributed by atoms with van der Waals surface area (Å²) in [6.07, 6.45) is 0.